The van der Waals surface area contributed by atoms with E-state index in [0.717, 1.165) is 12.8 Å². The van der Waals surface area contributed by atoms with Crippen LogP contribution in [0.5, 0.6) is 0 Å². The molecular weight excluding hydrogens is 434 g/mol. The third kappa shape index (κ3) is 3.86. The number of fused-ring (bicyclic) bond motifs is 1. The zero-order chi connectivity index (χ0) is 23.8. The molecule has 1 aromatic carbocycles. The number of rotatable bonds is 5. The Hall–Kier alpha value is -4.23. The van der Waals surface area contributed by atoms with Crippen molar-refractivity contribution in [1.82, 2.24) is 24.7 Å². The molecule has 3 aromatic heterocycles. The highest BCUT2D eigenvalue weighted by atomic mass is 16.4. The maximum atomic E-state index is 13.6. The molecule has 0 bridgehead atoms. The van der Waals surface area contributed by atoms with Crippen molar-refractivity contribution in [2.45, 2.75) is 38.8 Å². The second-order valence-electron chi connectivity index (χ2n) is 8.15. The van der Waals surface area contributed by atoms with Crippen LogP contribution in [0.1, 0.15) is 49.1 Å². The van der Waals surface area contributed by atoms with Crippen molar-refractivity contribution in [3.05, 3.63) is 58.1 Å². The highest BCUT2D eigenvalue weighted by molar-refractivity contribution is 5.85. The topological polar surface area (TPSA) is 145 Å². The lowest BCUT2D eigenvalue weighted by Crippen LogP contribution is -2.28. The number of nitrogens with two attached hydrogens (primary N) is 1. The van der Waals surface area contributed by atoms with Crippen molar-refractivity contribution in [2.75, 3.05) is 17.7 Å². The number of aryl methyl sites for hydroxylation is 1. The molecule has 10 nitrogen and oxygen atoms in total. The van der Waals surface area contributed by atoms with E-state index in [1.807, 2.05) is 6.92 Å². The van der Waals surface area contributed by atoms with Crippen LogP contribution in [0.3, 0.4) is 0 Å². The van der Waals surface area contributed by atoms with Crippen LogP contribution >= 0.6 is 0 Å². The van der Waals surface area contributed by atoms with Crippen molar-refractivity contribution >= 4 is 22.4 Å². The number of aliphatic hydroxyl groups is 1. The lowest BCUT2D eigenvalue weighted by Gasteiger charge is -2.21. The van der Waals surface area contributed by atoms with Gasteiger partial charge in [-0.1, -0.05) is 17.9 Å². The minimum atomic E-state index is -0.387. The third-order valence-corrected chi connectivity index (χ3v) is 5.63. The molecule has 10 heteroatoms. The number of anilines is 2. The summed E-state index contributed by atoms with van der Waals surface area (Å²) in [5, 5.41) is 20.9. The van der Waals surface area contributed by atoms with E-state index < -0.39 is 0 Å². The van der Waals surface area contributed by atoms with Crippen LogP contribution in [0, 0.1) is 18.8 Å². The fourth-order valence-corrected chi connectivity index (χ4v) is 3.97. The van der Waals surface area contributed by atoms with Gasteiger partial charge in [-0.3, -0.25) is 9.36 Å². The van der Waals surface area contributed by atoms with E-state index in [0.29, 0.717) is 45.3 Å². The van der Waals surface area contributed by atoms with Gasteiger partial charge in [0, 0.05) is 30.4 Å². The first-order valence-electron chi connectivity index (χ1n) is 10.9. The SMILES string of the molecule is Cc1nnc(-c2c(N)ccnc2N[C@@H](C)c2nc3cccc(C#CCO)c3c(=O)n2C2CC2)o1. The summed E-state index contributed by atoms with van der Waals surface area (Å²) in [4.78, 5) is 22.9. The monoisotopic (exact) mass is 457 g/mol. The van der Waals surface area contributed by atoms with E-state index in [-0.39, 0.29) is 30.1 Å². The quantitative estimate of drug-likeness (QED) is 0.385. The number of aliphatic hydroxyl groups excluding tert-OH is 1. The molecule has 0 aliphatic heterocycles. The Morgan fingerprint density at radius 3 is 2.85 bits per heavy atom. The summed E-state index contributed by atoms with van der Waals surface area (Å²) in [6.45, 7) is 3.33. The van der Waals surface area contributed by atoms with Gasteiger partial charge in [-0.2, -0.15) is 0 Å². The van der Waals surface area contributed by atoms with Gasteiger partial charge in [0.25, 0.3) is 11.4 Å². The van der Waals surface area contributed by atoms with Crippen molar-refractivity contribution in [1.29, 1.82) is 0 Å². The number of pyridine rings is 1. The predicted molar refractivity (Wildman–Crippen MR) is 127 cm³/mol. The van der Waals surface area contributed by atoms with Crippen LogP contribution in [-0.4, -0.2) is 36.4 Å². The number of hydrogen-bond acceptors (Lipinski definition) is 9. The Kier molecular flexibility index (Phi) is 5.47. The Morgan fingerprint density at radius 1 is 1.32 bits per heavy atom. The van der Waals surface area contributed by atoms with E-state index in [4.69, 9.17) is 20.2 Å². The van der Waals surface area contributed by atoms with Gasteiger partial charge in [-0.15, -0.1) is 10.2 Å². The maximum absolute atomic E-state index is 13.6. The van der Waals surface area contributed by atoms with E-state index in [2.05, 4.69) is 32.3 Å². The zero-order valence-electron chi connectivity index (χ0n) is 18.7. The lowest BCUT2D eigenvalue weighted by molar-refractivity contribution is 0.350. The fraction of sp³-hybridized carbons (Fsp3) is 0.292. The van der Waals surface area contributed by atoms with E-state index >= 15 is 0 Å². The van der Waals surface area contributed by atoms with E-state index in [9.17, 15) is 4.79 Å². The van der Waals surface area contributed by atoms with Gasteiger partial charge < -0.3 is 20.6 Å². The first kappa shape index (κ1) is 21.6. The molecule has 1 fully saturated rings. The molecule has 1 aliphatic carbocycles. The van der Waals surface area contributed by atoms with Gasteiger partial charge in [0.2, 0.25) is 5.89 Å². The number of benzene rings is 1. The highest BCUT2D eigenvalue weighted by Crippen LogP contribution is 2.37. The molecule has 4 aromatic rings. The molecule has 3 heterocycles. The molecule has 0 radical (unpaired) electrons. The molecule has 5 rings (SSSR count). The molecule has 0 spiro atoms. The Morgan fingerprint density at radius 2 is 2.15 bits per heavy atom. The van der Waals surface area contributed by atoms with Gasteiger partial charge in [0.15, 0.2) is 0 Å². The summed E-state index contributed by atoms with van der Waals surface area (Å²) in [6, 6.07) is 6.71. The summed E-state index contributed by atoms with van der Waals surface area (Å²) in [6.07, 6.45) is 3.39. The minimum absolute atomic E-state index is 0.0781. The molecule has 0 amide bonds. The van der Waals surface area contributed by atoms with Crippen molar-refractivity contribution in [3.63, 3.8) is 0 Å². The number of hydrogen-bond donors (Lipinski definition) is 3. The van der Waals surface area contributed by atoms with Gasteiger partial charge in [0.1, 0.15) is 23.8 Å². The summed E-state index contributed by atoms with van der Waals surface area (Å²) in [5.74, 6) is 7.21. The molecule has 0 saturated heterocycles. The van der Waals surface area contributed by atoms with Crippen LogP contribution in [0.4, 0.5) is 11.5 Å². The Balaban J connectivity index is 1.62. The summed E-state index contributed by atoms with van der Waals surface area (Å²) in [5.41, 5.74) is 8.10. The fourth-order valence-electron chi connectivity index (χ4n) is 3.97. The summed E-state index contributed by atoms with van der Waals surface area (Å²) in [7, 11) is 0. The van der Waals surface area contributed by atoms with Gasteiger partial charge in [-0.25, -0.2) is 9.97 Å². The standard InChI is InChI=1S/C24H23N7O3/c1-13(27-21-20(17(25)10-11-26-21)23-30-29-14(2)34-23)22-28-18-7-3-5-15(6-4-12-32)19(18)24(33)31(22)16-8-9-16/h3,5,7,10-11,13,16,32H,8-9,12H2,1-2H3,(H3,25,26,27)/t13-/m0/s1. The summed E-state index contributed by atoms with van der Waals surface area (Å²) < 4.78 is 7.33. The molecule has 4 N–H and O–H groups in total. The number of aromatic nitrogens is 5. The van der Waals surface area contributed by atoms with Crippen molar-refractivity contribution < 1.29 is 9.52 Å². The average molecular weight is 457 g/mol. The largest absolute Gasteiger partial charge is 0.421 e. The van der Waals surface area contributed by atoms with E-state index in [1.165, 1.54) is 0 Å². The number of nitrogens with zero attached hydrogens (tertiary/aromatic N) is 5. The third-order valence-electron chi connectivity index (χ3n) is 5.63. The smallest absolute Gasteiger partial charge is 0.262 e. The number of nitrogens with one attached hydrogen (secondary N) is 1. The van der Waals surface area contributed by atoms with Crippen LogP contribution < -0.4 is 16.6 Å². The molecule has 1 aliphatic rings. The zero-order valence-corrected chi connectivity index (χ0v) is 18.7. The average Bonchev–Trinajstić information content (AvgIpc) is 3.57. The van der Waals surface area contributed by atoms with Crippen LogP contribution in [0.2, 0.25) is 0 Å². The van der Waals surface area contributed by atoms with Gasteiger partial charge >= 0.3 is 0 Å². The Labute approximate surface area is 194 Å². The molecule has 172 valence electrons. The lowest BCUT2D eigenvalue weighted by atomic mass is 10.1. The van der Waals surface area contributed by atoms with Crippen molar-refractivity contribution in [2.24, 2.45) is 0 Å². The molecule has 1 saturated carbocycles. The molecular formula is C24H23N7O3. The van der Waals surface area contributed by atoms with Crippen LogP contribution in [0.25, 0.3) is 22.4 Å². The molecule has 0 unspecified atom stereocenters. The van der Waals surface area contributed by atoms with Gasteiger partial charge in [0.05, 0.1) is 16.9 Å². The Bertz CT molecular complexity index is 1510. The van der Waals surface area contributed by atoms with Crippen LogP contribution in [0.15, 0.2) is 39.7 Å². The van der Waals surface area contributed by atoms with E-state index in [1.54, 1.807) is 42.0 Å². The first-order chi connectivity index (χ1) is 16.5. The number of nitrogen functional groups attached to an aromatic ring is 1. The van der Waals surface area contributed by atoms with Gasteiger partial charge in [-0.05, 0) is 38.0 Å². The highest BCUT2D eigenvalue weighted by Gasteiger charge is 2.31. The molecule has 34 heavy (non-hydrogen) atoms. The predicted octanol–water partition coefficient (Wildman–Crippen LogP) is 2.58. The maximum Gasteiger partial charge on any atom is 0.262 e. The normalized spacial score (nSPS) is 14.0. The first-order valence-corrected chi connectivity index (χ1v) is 10.9. The van der Waals surface area contributed by atoms with Crippen molar-refractivity contribution in [3.8, 4) is 23.3 Å². The van der Waals surface area contributed by atoms with Crippen LogP contribution in [-0.2, 0) is 0 Å². The minimum Gasteiger partial charge on any atom is -0.421 e. The summed E-state index contributed by atoms with van der Waals surface area (Å²) >= 11 is 0. The second-order valence-corrected chi connectivity index (χ2v) is 8.15. The second kappa shape index (κ2) is 8.61. The molecule has 1 atom stereocenters.